The molecule has 3 aromatic rings. The molecule has 0 spiro atoms. The Morgan fingerprint density at radius 3 is 3.05 bits per heavy atom. The summed E-state index contributed by atoms with van der Waals surface area (Å²) in [4.78, 5) is 18.3. The molecular weight excluding hydrogens is 298 g/mol. The van der Waals surface area contributed by atoms with E-state index >= 15 is 0 Å². The van der Waals surface area contributed by atoms with Crippen LogP contribution in [-0.4, -0.2) is 15.5 Å². The molecule has 3 heterocycles. The van der Waals surface area contributed by atoms with Crippen molar-refractivity contribution in [2.75, 3.05) is 0 Å². The van der Waals surface area contributed by atoms with Gasteiger partial charge in [0.25, 0.3) is 0 Å². The average molecular weight is 313 g/mol. The van der Waals surface area contributed by atoms with Crippen molar-refractivity contribution in [2.24, 2.45) is 0 Å². The van der Waals surface area contributed by atoms with E-state index in [2.05, 4.69) is 10.3 Å². The van der Waals surface area contributed by atoms with Crippen LogP contribution >= 0.6 is 11.3 Å². The van der Waals surface area contributed by atoms with Crippen LogP contribution in [0.3, 0.4) is 0 Å². The number of carbonyl (C=O) groups is 1. The molecule has 0 bridgehead atoms. The van der Waals surface area contributed by atoms with Gasteiger partial charge in [0.15, 0.2) is 5.13 Å². The first-order valence-corrected chi connectivity index (χ1v) is 8.06. The Kier molecular flexibility index (Phi) is 3.31. The topological polar surface area (TPSA) is 60.1 Å². The molecule has 1 aliphatic rings. The molecule has 22 heavy (non-hydrogen) atoms. The molecule has 0 unspecified atom stereocenters. The molecule has 1 amide bonds. The van der Waals surface area contributed by atoms with Crippen LogP contribution in [0.5, 0.6) is 0 Å². The first-order chi connectivity index (χ1) is 10.8. The van der Waals surface area contributed by atoms with Crippen molar-refractivity contribution in [3.05, 3.63) is 59.3 Å². The number of rotatable bonds is 4. The van der Waals surface area contributed by atoms with Crippen molar-refractivity contribution in [1.29, 1.82) is 0 Å². The predicted molar refractivity (Wildman–Crippen MR) is 83.1 cm³/mol. The second kappa shape index (κ2) is 5.46. The van der Waals surface area contributed by atoms with Crippen LogP contribution < -0.4 is 5.32 Å². The number of amides is 1. The number of aryl methyl sites for hydroxylation is 1. The van der Waals surface area contributed by atoms with Gasteiger partial charge in [0, 0.05) is 17.3 Å². The Labute approximate surface area is 131 Å². The van der Waals surface area contributed by atoms with Gasteiger partial charge < -0.3 is 14.3 Å². The standard InChI is InChI=1S/C16H15N3O2S/c20-15(17-10-11-4-3-9-21-11)12-5-6-13-14(12)18-16(22-13)19-7-1-2-8-19/h1-4,7-9,12H,5-6,10H2,(H,17,20)/t12-/m1/s1. The predicted octanol–water partition coefficient (Wildman–Crippen LogP) is 2.87. The molecule has 5 nitrogen and oxygen atoms in total. The summed E-state index contributed by atoms with van der Waals surface area (Å²) in [5.74, 6) is 0.642. The Bertz CT molecular complexity index is 775. The lowest BCUT2D eigenvalue weighted by Crippen LogP contribution is -2.28. The van der Waals surface area contributed by atoms with Crippen LogP contribution in [0.4, 0.5) is 0 Å². The third-order valence-corrected chi connectivity index (χ3v) is 5.01. The molecule has 0 saturated heterocycles. The monoisotopic (exact) mass is 313 g/mol. The maximum atomic E-state index is 12.4. The maximum absolute atomic E-state index is 12.4. The second-order valence-electron chi connectivity index (χ2n) is 5.28. The number of fused-ring (bicyclic) bond motifs is 1. The molecule has 0 radical (unpaired) electrons. The highest BCUT2D eigenvalue weighted by atomic mass is 32.1. The average Bonchev–Trinajstić information content (AvgIpc) is 3.27. The molecule has 0 fully saturated rings. The maximum Gasteiger partial charge on any atom is 0.229 e. The summed E-state index contributed by atoms with van der Waals surface area (Å²) < 4.78 is 7.22. The van der Waals surface area contributed by atoms with Crippen LogP contribution in [0.1, 0.15) is 28.7 Å². The highest BCUT2D eigenvalue weighted by molar-refractivity contribution is 7.14. The van der Waals surface area contributed by atoms with Gasteiger partial charge in [0.1, 0.15) is 5.76 Å². The van der Waals surface area contributed by atoms with E-state index in [0.29, 0.717) is 6.54 Å². The number of aromatic nitrogens is 2. The van der Waals surface area contributed by atoms with Gasteiger partial charge in [-0.15, -0.1) is 11.3 Å². The molecule has 0 aromatic carbocycles. The summed E-state index contributed by atoms with van der Waals surface area (Å²) in [7, 11) is 0. The van der Waals surface area contributed by atoms with Gasteiger partial charge in [-0.05, 0) is 37.1 Å². The van der Waals surface area contributed by atoms with Gasteiger partial charge in [-0.25, -0.2) is 4.98 Å². The number of hydrogen-bond acceptors (Lipinski definition) is 4. The number of hydrogen-bond donors (Lipinski definition) is 1. The van der Waals surface area contributed by atoms with E-state index in [1.54, 1.807) is 17.6 Å². The quantitative estimate of drug-likeness (QED) is 0.805. The molecule has 112 valence electrons. The summed E-state index contributed by atoms with van der Waals surface area (Å²) >= 11 is 1.67. The van der Waals surface area contributed by atoms with Crippen molar-refractivity contribution in [2.45, 2.75) is 25.3 Å². The third-order valence-electron chi connectivity index (χ3n) is 3.87. The Morgan fingerprint density at radius 1 is 1.41 bits per heavy atom. The number of furan rings is 1. The number of carbonyl (C=O) groups excluding carboxylic acids is 1. The zero-order valence-corrected chi connectivity index (χ0v) is 12.7. The molecule has 1 atom stereocenters. The third kappa shape index (κ3) is 2.35. The van der Waals surface area contributed by atoms with Crippen molar-refractivity contribution < 1.29 is 9.21 Å². The van der Waals surface area contributed by atoms with E-state index in [9.17, 15) is 4.79 Å². The number of nitrogens with one attached hydrogen (secondary N) is 1. The summed E-state index contributed by atoms with van der Waals surface area (Å²) in [6.07, 6.45) is 7.32. The van der Waals surface area contributed by atoms with E-state index in [0.717, 1.165) is 29.4 Å². The van der Waals surface area contributed by atoms with Crippen LogP contribution in [0.2, 0.25) is 0 Å². The van der Waals surface area contributed by atoms with Crippen molar-refractivity contribution in [3.63, 3.8) is 0 Å². The smallest absolute Gasteiger partial charge is 0.229 e. The van der Waals surface area contributed by atoms with Gasteiger partial charge in [-0.2, -0.15) is 0 Å². The fourth-order valence-corrected chi connectivity index (χ4v) is 3.86. The highest BCUT2D eigenvalue weighted by Gasteiger charge is 2.32. The summed E-state index contributed by atoms with van der Waals surface area (Å²) in [5.41, 5.74) is 0.936. The summed E-state index contributed by atoms with van der Waals surface area (Å²) in [6, 6.07) is 7.62. The minimum atomic E-state index is -0.148. The van der Waals surface area contributed by atoms with Crippen LogP contribution in [0.25, 0.3) is 5.13 Å². The first-order valence-electron chi connectivity index (χ1n) is 7.24. The van der Waals surface area contributed by atoms with E-state index in [1.807, 2.05) is 41.2 Å². The van der Waals surface area contributed by atoms with E-state index in [4.69, 9.17) is 4.42 Å². The first kappa shape index (κ1) is 13.3. The lowest BCUT2D eigenvalue weighted by atomic mass is 10.1. The van der Waals surface area contributed by atoms with Gasteiger partial charge in [-0.1, -0.05) is 0 Å². The van der Waals surface area contributed by atoms with Gasteiger partial charge in [-0.3, -0.25) is 4.79 Å². The lowest BCUT2D eigenvalue weighted by molar-refractivity contribution is -0.122. The SMILES string of the molecule is O=C(NCc1ccco1)[C@@H]1CCc2sc(-n3cccc3)nc21. The number of thiazole rings is 1. The van der Waals surface area contributed by atoms with Crippen LogP contribution in [-0.2, 0) is 17.8 Å². The van der Waals surface area contributed by atoms with Crippen molar-refractivity contribution >= 4 is 17.2 Å². The number of nitrogens with zero attached hydrogens (tertiary/aromatic N) is 2. The largest absolute Gasteiger partial charge is 0.467 e. The molecule has 6 heteroatoms. The van der Waals surface area contributed by atoms with Gasteiger partial charge in [0.05, 0.1) is 24.4 Å². The molecule has 1 N–H and O–H groups in total. The van der Waals surface area contributed by atoms with Gasteiger partial charge in [0.2, 0.25) is 5.91 Å². The Balaban J connectivity index is 1.50. The lowest BCUT2D eigenvalue weighted by Gasteiger charge is -2.09. The van der Waals surface area contributed by atoms with E-state index < -0.39 is 0 Å². The fourth-order valence-electron chi connectivity index (χ4n) is 2.75. The Hall–Kier alpha value is -2.34. The molecular formula is C16H15N3O2S. The van der Waals surface area contributed by atoms with Crippen molar-refractivity contribution in [3.8, 4) is 5.13 Å². The molecule has 0 aliphatic heterocycles. The van der Waals surface area contributed by atoms with Crippen LogP contribution in [0, 0.1) is 0 Å². The minimum Gasteiger partial charge on any atom is -0.467 e. The zero-order valence-electron chi connectivity index (χ0n) is 11.9. The molecule has 4 rings (SSSR count). The fraction of sp³-hybridized carbons (Fsp3) is 0.250. The zero-order chi connectivity index (χ0) is 14.9. The summed E-state index contributed by atoms with van der Waals surface area (Å²) in [5, 5.41) is 3.87. The van der Waals surface area contributed by atoms with Gasteiger partial charge >= 0.3 is 0 Å². The van der Waals surface area contributed by atoms with Crippen LogP contribution in [0.15, 0.2) is 47.3 Å². The molecule has 0 saturated carbocycles. The second-order valence-corrected chi connectivity index (χ2v) is 6.35. The minimum absolute atomic E-state index is 0.0273. The highest BCUT2D eigenvalue weighted by Crippen LogP contribution is 2.37. The van der Waals surface area contributed by atoms with Crippen molar-refractivity contribution in [1.82, 2.24) is 14.9 Å². The Morgan fingerprint density at radius 2 is 2.27 bits per heavy atom. The molecule has 3 aromatic heterocycles. The summed E-state index contributed by atoms with van der Waals surface area (Å²) in [6.45, 7) is 0.423. The normalized spacial score (nSPS) is 16.6. The van der Waals surface area contributed by atoms with E-state index in [1.165, 1.54) is 4.88 Å². The molecule has 1 aliphatic carbocycles. The van der Waals surface area contributed by atoms with E-state index in [-0.39, 0.29) is 11.8 Å².